The molecule has 0 spiro atoms. The van der Waals surface area contributed by atoms with Gasteiger partial charge in [-0.2, -0.15) is 5.10 Å². The molecule has 5 heteroatoms. The zero-order valence-electron chi connectivity index (χ0n) is 12.9. The van der Waals surface area contributed by atoms with Gasteiger partial charge >= 0.3 is 5.97 Å². The third-order valence-corrected chi connectivity index (χ3v) is 4.23. The Kier molecular flexibility index (Phi) is 3.01. The first-order valence-electron chi connectivity index (χ1n) is 7.38. The van der Waals surface area contributed by atoms with Crippen LogP contribution in [0.2, 0.25) is 0 Å². The Labute approximate surface area is 133 Å². The number of esters is 1. The molecule has 0 saturated carbocycles. The number of para-hydroxylation sites is 1. The molecule has 0 atom stereocenters. The van der Waals surface area contributed by atoms with Gasteiger partial charge in [0.05, 0.1) is 29.6 Å². The van der Waals surface area contributed by atoms with Gasteiger partial charge in [-0.1, -0.05) is 18.2 Å². The number of fused-ring (bicyclic) bond motifs is 2. The van der Waals surface area contributed by atoms with Crippen LogP contribution >= 0.6 is 0 Å². The molecular formula is C18H15N3O2. The number of rotatable bonds is 2. The number of nitrogens with zero attached hydrogens (tertiary/aromatic N) is 3. The van der Waals surface area contributed by atoms with E-state index in [-0.39, 0.29) is 5.97 Å². The van der Waals surface area contributed by atoms with Crippen LogP contribution < -0.4 is 0 Å². The molecule has 0 N–H and O–H groups in total. The number of allylic oxidation sites excluding steroid dienone is 1. The van der Waals surface area contributed by atoms with Crippen molar-refractivity contribution >= 4 is 28.5 Å². The minimum atomic E-state index is -0.329. The van der Waals surface area contributed by atoms with Gasteiger partial charge in [-0.15, -0.1) is 0 Å². The summed E-state index contributed by atoms with van der Waals surface area (Å²) in [6.07, 6.45) is 4.28. The molecule has 1 aliphatic carbocycles. The highest BCUT2D eigenvalue weighted by Gasteiger charge is 2.24. The zero-order chi connectivity index (χ0) is 16.0. The fourth-order valence-electron chi connectivity index (χ4n) is 3.13. The van der Waals surface area contributed by atoms with Crippen molar-refractivity contribution in [2.24, 2.45) is 7.05 Å². The lowest BCUT2D eigenvalue weighted by atomic mass is 10.0. The molecule has 0 fully saturated rings. The van der Waals surface area contributed by atoms with E-state index in [1.807, 2.05) is 36.0 Å². The lowest BCUT2D eigenvalue weighted by Crippen LogP contribution is -2.06. The lowest BCUT2D eigenvalue weighted by Gasteiger charge is -2.05. The van der Waals surface area contributed by atoms with Gasteiger partial charge in [0.25, 0.3) is 0 Å². The van der Waals surface area contributed by atoms with Crippen LogP contribution in [0.25, 0.3) is 22.6 Å². The molecule has 0 aliphatic heterocycles. The van der Waals surface area contributed by atoms with E-state index in [0.717, 1.165) is 33.4 Å². The third-order valence-electron chi connectivity index (χ3n) is 4.23. The van der Waals surface area contributed by atoms with Crippen LogP contribution in [-0.4, -0.2) is 27.8 Å². The fourth-order valence-corrected chi connectivity index (χ4v) is 3.13. The molecule has 0 amide bonds. The second-order valence-electron chi connectivity index (χ2n) is 5.55. The van der Waals surface area contributed by atoms with Crippen LogP contribution in [0.1, 0.15) is 27.3 Å². The molecule has 23 heavy (non-hydrogen) atoms. The first-order valence-corrected chi connectivity index (χ1v) is 7.38. The van der Waals surface area contributed by atoms with Gasteiger partial charge < -0.3 is 4.74 Å². The average Bonchev–Trinajstić information content (AvgIpc) is 3.15. The molecule has 0 unspecified atom stereocenters. The highest BCUT2D eigenvalue weighted by Crippen LogP contribution is 2.35. The number of aromatic nitrogens is 3. The second-order valence-corrected chi connectivity index (χ2v) is 5.55. The molecule has 0 radical (unpaired) electrons. The standard InChI is InChI=1S/C18H15N3O2/c1-21-16-6-4-3-5-13(16)17(20-21)11-9-14-12(18(22)23-2)7-8-19-15(14)10-11/h3-8,10H,9H2,1-2H3. The monoisotopic (exact) mass is 305 g/mol. The molecular weight excluding hydrogens is 290 g/mol. The fraction of sp³-hybridized carbons (Fsp3) is 0.167. The number of ether oxygens (including phenoxy) is 1. The van der Waals surface area contributed by atoms with Crippen LogP contribution in [0.15, 0.2) is 36.5 Å². The van der Waals surface area contributed by atoms with Gasteiger partial charge in [0.1, 0.15) is 0 Å². The molecule has 2 heterocycles. The van der Waals surface area contributed by atoms with E-state index in [1.165, 1.54) is 7.11 Å². The van der Waals surface area contributed by atoms with Crippen molar-refractivity contribution < 1.29 is 9.53 Å². The Morgan fingerprint density at radius 3 is 2.91 bits per heavy atom. The minimum Gasteiger partial charge on any atom is -0.465 e. The Hall–Kier alpha value is -2.95. The maximum absolute atomic E-state index is 11.9. The van der Waals surface area contributed by atoms with Crippen LogP contribution in [0.4, 0.5) is 0 Å². The molecule has 0 saturated heterocycles. The van der Waals surface area contributed by atoms with Crippen LogP contribution in [-0.2, 0) is 18.2 Å². The van der Waals surface area contributed by atoms with E-state index in [1.54, 1.807) is 12.3 Å². The van der Waals surface area contributed by atoms with E-state index >= 15 is 0 Å². The summed E-state index contributed by atoms with van der Waals surface area (Å²) in [6.45, 7) is 0. The van der Waals surface area contributed by atoms with Crippen LogP contribution in [0.5, 0.6) is 0 Å². The highest BCUT2D eigenvalue weighted by molar-refractivity contribution is 6.00. The summed E-state index contributed by atoms with van der Waals surface area (Å²) in [5, 5.41) is 5.76. The Morgan fingerprint density at radius 2 is 2.09 bits per heavy atom. The quantitative estimate of drug-likeness (QED) is 0.683. The number of aryl methyl sites for hydroxylation is 1. The lowest BCUT2D eigenvalue weighted by molar-refractivity contribution is 0.0599. The molecule has 5 nitrogen and oxygen atoms in total. The summed E-state index contributed by atoms with van der Waals surface area (Å²) in [4.78, 5) is 16.3. The van der Waals surface area contributed by atoms with Gasteiger partial charge in [0.15, 0.2) is 0 Å². The molecule has 2 aromatic heterocycles. The van der Waals surface area contributed by atoms with Crippen molar-refractivity contribution in [2.45, 2.75) is 6.42 Å². The van der Waals surface area contributed by atoms with Gasteiger partial charge in [-0.05, 0) is 29.3 Å². The van der Waals surface area contributed by atoms with Crippen molar-refractivity contribution in [2.75, 3.05) is 7.11 Å². The average molecular weight is 305 g/mol. The third kappa shape index (κ3) is 2.04. The number of hydrogen-bond acceptors (Lipinski definition) is 4. The Balaban J connectivity index is 1.82. The largest absolute Gasteiger partial charge is 0.465 e. The highest BCUT2D eigenvalue weighted by atomic mass is 16.5. The van der Waals surface area contributed by atoms with Crippen molar-refractivity contribution in [1.29, 1.82) is 0 Å². The van der Waals surface area contributed by atoms with Gasteiger partial charge in [0, 0.05) is 25.1 Å². The predicted octanol–water partition coefficient (Wildman–Crippen LogP) is 2.85. The van der Waals surface area contributed by atoms with E-state index in [4.69, 9.17) is 4.74 Å². The van der Waals surface area contributed by atoms with E-state index < -0.39 is 0 Å². The van der Waals surface area contributed by atoms with Crippen molar-refractivity contribution in [3.63, 3.8) is 0 Å². The van der Waals surface area contributed by atoms with E-state index in [2.05, 4.69) is 16.1 Å². The van der Waals surface area contributed by atoms with Crippen molar-refractivity contribution in [1.82, 2.24) is 14.8 Å². The Bertz CT molecular complexity index is 970. The summed E-state index contributed by atoms with van der Waals surface area (Å²) in [6, 6.07) is 9.83. The number of pyridine rings is 1. The molecule has 114 valence electrons. The second kappa shape index (κ2) is 5.05. The zero-order valence-corrected chi connectivity index (χ0v) is 12.9. The normalized spacial score (nSPS) is 13.0. The van der Waals surface area contributed by atoms with Crippen LogP contribution in [0, 0.1) is 0 Å². The summed E-state index contributed by atoms with van der Waals surface area (Å²) in [7, 11) is 3.33. The number of carbonyl (C=O) groups is 1. The summed E-state index contributed by atoms with van der Waals surface area (Å²) >= 11 is 0. The molecule has 4 rings (SSSR count). The SMILES string of the molecule is COC(=O)c1ccnc2c1CC(c1nn(C)c3ccccc13)=C2. The molecule has 3 aromatic rings. The smallest absolute Gasteiger partial charge is 0.338 e. The van der Waals surface area contributed by atoms with Gasteiger partial charge in [-0.25, -0.2) is 4.79 Å². The minimum absolute atomic E-state index is 0.329. The first-order chi connectivity index (χ1) is 11.2. The Morgan fingerprint density at radius 1 is 1.26 bits per heavy atom. The topological polar surface area (TPSA) is 57.0 Å². The van der Waals surface area contributed by atoms with Gasteiger partial charge in [-0.3, -0.25) is 9.67 Å². The van der Waals surface area contributed by atoms with Crippen molar-refractivity contribution in [3.05, 3.63) is 59.0 Å². The van der Waals surface area contributed by atoms with Crippen LogP contribution in [0.3, 0.4) is 0 Å². The van der Waals surface area contributed by atoms with Gasteiger partial charge in [0.2, 0.25) is 0 Å². The van der Waals surface area contributed by atoms with Crippen molar-refractivity contribution in [3.8, 4) is 0 Å². The number of carbonyl (C=O) groups excluding carboxylic acids is 1. The maximum Gasteiger partial charge on any atom is 0.338 e. The summed E-state index contributed by atoms with van der Waals surface area (Å²) < 4.78 is 6.75. The van der Waals surface area contributed by atoms with E-state index in [9.17, 15) is 4.79 Å². The number of benzene rings is 1. The number of methoxy groups -OCH3 is 1. The predicted molar refractivity (Wildman–Crippen MR) is 87.9 cm³/mol. The molecule has 0 bridgehead atoms. The molecule has 1 aromatic carbocycles. The maximum atomic E-state index is 11.9. The van der Waals surface area contributed by atoms with E-state index in [0.29, 0.717) is 12.0 Å². The molecule has 1 aliphatic rings. The summed E-state index contributed by atoms with van der Waals surface area (Å²) in [5.74, 6) is -0.329. The number of hydrogen-bond donors (Lipinski definition) is 0. The summed E-state index contributed by atoms with van der Waals surface area (Å²) in [5.41, 5.74) is 5.39. The first kappa shape index (κ1) is 13.7.